The lowest BCUT2D eigenvalue weighted by Crippen LogP contribution is -2.35. The van der Waals surface area contributed by atoms with E-state index < -0.39 is 41.6 Å². The largest absolute Gasteiger partial charge is 0.392 e. The van der Waals surface area contributed by atoms with Crippen LogP contribution in [0.1, 0.15) is 12.5 Å². The van der Waals surface area contributed by atoms with E-state index in [1.165, 1.54) is 19.1 Å². The Morgan fingerprint density at radius 3 is 2.24 bits per heavy atom. The standard InChI is InChI=1S/C21H18F4N2O2/c1-12(27(21(26)29)20-17(23)4-3-5-18(20)24)6-7-14(11-28)13(2)16-9-8-15(22)10-19(16)25/h3-10,28H,2,11H2,1H3,(H2,26,29)/b12-6+,14-7-. The Labute approximate surface area is 164 Å². The van der Waals surface area contributed by atoms with Gasteiger partial charge < -0.3 is 10.8 Å². The fourth-order valence-electron chi connectivity index (χ4n) is 2.61. The third-order valence-electron chi connectivity index (χ3n) is 4.07. The molecule has 0 aliphatic carbocycles. The molecule has 3 N–H and O–H groups in total. The minimum atomic E-state index is -1.13. The lowest BCUT2D eigenvalue weighted by molar-refractivity contribution is 0.255. The van der Waals surface area contributed by atoms with Crippen molar-refractivity contribution in [1.82, 2.24) is 0 Å². The van der Waals surface area contributed by atoms with E-state index in [1.807, 2.05) is 0 Å². The lowest BCUT2D eigenvalue weighted by atomic mass is 9.99. The number of carbonyl (C=O) groups is 1. The van der Waals surface area contributed by atoms with Gasteiger partial charge in [-0.3, -0.25) is 4.90 Å². The molecular weight excluding hydrogens is 388 g/mol. The molecule has 0 saturated carbocycles. The summed E-state index contributed by atoms with van der Waals surface area (Å²) in [5.41, 5.74) is 4.80. The molecule has 8 heteroatoms. The van der Waals surface area contributed by atoms with Gasteiger partial charge in [0.25, 0.3) is 0 Å². The van der Waals surface area contributed by atoms with Crippen molar-refractivity contribution >= 4 is 17.3 Å². The number of halogens is 4. The van der Waals surface area contributed by atoms with E-state index in [4.69, 9.17) is 5.73 Å². The molecule has 0 atom stereocenters. The second-order valence-corrected chi connectivity index (χ2v) is 6.00. The van der Waals surface area contributed by atoms with Gasteiger partial charge in [0.2, 0.25) is 0 Å². The van der Waals surface area contributed by atoms with Gasteiger partial charge in [0.15, 0.2) is 0 Å². The number of benzene rings is 2. The van der Waals surface area contributed by atoms with Crippen LogP contribution in [0.5, 0.6) is 0 Å². The van der Waals surface area contributed by atoms with Gasteiger partial charge in [-0.25, -0.2) is 22.4 Å². The monoisotopic (exact) mass is 406 g/mol. The fourth-order valence-corrected chi connectivity index (χ4v) is 2.61. The van der Waals surface area contributed by atoms with E-state index in [0.717, 1.165) is 30.3 Å². The molecule has 4 nitrogen and oxygen atoms in total. The highest BCUT2D eigenvalue weighted by atomic mass is 19.1. The van der Waals surface area contributed by atoms with E-state index in [0.29, 0.717) is 11.0 Å². The van der Waals surface area contributed by atoms with Crippen LogP contribution in [0.4, 0.5) is 28.0 Å². The minimum absolute atomic E-state index is 0.0276. The maximum absolute atomic E-state index is 14.1. The number of nitrogens with two attached hydrogens (primary N) is 1. The average Bonchev–Trinajstić information content (AvgIpc) is 2.64. The van der Waals surface area contributed by atoms with E-state index >= 15 is 0 Å². The Balaban J connectivity index is 2.44. The van der Waals surface area contributed by atoms with Gasteiger partial charge in [-0.15, -0.1) is 0 Å². The summed E-state index contributed by atoms with van der Waals surface area (Å²) in [5.74, 6) is -3.64. The van der Waals surface area contributed by atoms with Crippen LogP contribution in [0, 0.1) is 23.3 Å². The summed E-state index contributed by atoms with van der Waals surface area (Å²) >= 11 is 0. The molecular formula is C21H18F4N2O2. The summed E-state index contributed by atoms with van der Waals surface area (Å²) in [6.45, 7) is 4.48. The summed E-state index contributed by atoms with van der Waals surface area (Å²) in [6.07, 6.45) is 2.55. The number of hydrogen-bond donors (Lipinski definition) is 2. The van der Waals surface area contributed by atoms with Crippen LogP contribution in [-0.4, -0.2) is 17.7 Å². The van der Waals surface area contributed by atoms with Crippen molar-refractivity contribution in [2.75, 3.05) is 11.5 Å². The van der Waals surface area contributed by atoms with Gasteiger partial charge in [-0.1, -0.05) is 18.7 Å². The number of amides is 2. The number of carbonyl (C=O) groups excluding carboxylic acids is 1. The Morgan fingerprint density at radius 2 is 1.72 bits per heavy atom. The first-order valence-electron chi connectivity index (χ1n) is 8.34. The van der Waals surface area contributed by atoms with E-state index in [2.05, 4.69) is 6.58 Å². The Bertz CT molecular complexity index is 995. The quantitative estimate of drug-likeness (QED) is 0.541. The number of allylic oxidation sites excluding steroid dienone is 3. The first kappa shape index (κ1) is 21.9. The fraction of sp³-hybridized carbons (Fsp3) is 0.0952. The maximum Gasteiger partial charge on any atom is 0.323 e. The predicted octanol–water partition coefficient (Wildman–Crippen LogP) is 4.66. The topological polar surface area (TPSA) is 66.6 Å². The van der Waals surface area contributed by atoms with Crippen molar-refractivity contribution in [3.63, 3.8) is 0 Å². The number of rotatable bonds is 6. The molecule has 2 aromatic carbocycles. The molecule has 0 unspecified atom stereocenters. The molecule has 0 saturated heterocycles. The molecule has 152 valence electrons. The molecule has 0 aliphatic rings. The van der Waals surface area contributed by atoms with Crippen LogP contribution in [0.15, 0.2) is 66.4 Å². The number of aliphatic hydroxyl groups excluding tert-OH is 1. The van der Waals surface area contributed by atoms with Crippen molar-refractivity contribution in [3.05, 3.63) is 95.2 Å². The van der Waals surface area contributed by atoms with Crippen LogP contribution in [-0.2, 0) is 0 Å². The highest BCUT2D eigenvalue weighted by Gasteiger charge is 2.22. The average molecular weight is 406 g/mol. The molecule has 0 aromatic heterocycles. The zero-order valence-corrected chi connectivity index (χ0v) is 15.4. The van der Waals surface area contributed by atoms with Gasteiger partial charge in [0, 0.05) is 17.3 Å². The molecule has 2 amide bonds. The summed E-state index contributed by atoms with van der Waals surface area (Å²) in [7, 11) is 0. The van der Waals surface area contributed by atoms with Gasteiger partial charge in [-0.05, 0) is 48.4 Å². The Morgan fingerprint density at radius 1 is 1.10 bits per heavy atom. The number of urea groups is 1. The van der Waals surface area contributed by atoms with Crippen LogP contribution in [0.3, 0.4) is 0 Å². The minimum Gasteiger partial charge on any atom is -0.392 e. The number of hydrogen-bond acceptors (Lipinski definition) is 2. The molecule has 0 radical (unpaired) electrons. The van der Waals surface area contributed by atoms with Gasteiger partial charge in [0.05, 0.1) is 6.61 Å². The van der Waals surface area contributed by atoms with Crippen molar-refractivity contribution in [3.8, 4) is 0 Å². The SMILES string of the molecule is C=C(/C(=C\C=C(/C)N(C(N)=O)c1c(F)cccc1F)CO)c1ccc(F)cc1F. The number of para-hydroxylation sites is 1. The smallest absolute Gasteiger partial charge is 0.323 e. The molecule has 0 fully saturated rings. The first-order chi connectivity index (χ1) is 13.7. The second-order valence-electron chi connectivity index (χ2n) is 6.00. The van der Waals surface area contributed by atoms with Crippen LogP contribution in [0.2, 0.25) is 0 Å². The number of anilines is 1. The zero-order valence-electron chi connectivity index (χ0n) is 15.4. The van der Waals surface area contributed by atoms with E-state index in [1.54, 1.807) is 0 Å². The van der Waals surface area contributed by atoms with Gasteiger partial charge >= 0.3 is 6.03 Å². The molecule has 0 heterocycles. The highest BCUT2D eigenvalue weighted by Crippen LogP contribution is 2.28. The van der Waals surface area contributed by atoms with Crippen LogP contribution in [0.25, 0.3) is 5.57 Å². The van der Waals surface area contributed by atoms with Crippen molar-refractivity contribution in [1.29, 1.82) is 0 Å². The highest BCUT2D eigenvalue weighted by molar-refractivity contribution is 5.94. The Hall–Kier alpha value is -3.39. The number of aliphatic hydroxyl groups is 1. The third-order valence-corrected chi connectivity index (χ3v) is 4.07. The summed E-state index contributed by atoms with van der Waals surface area (Å²) in [5, 5.41) is 9.59. The van der Waals surface area contributed by atoms with E-state index in [-0.39, 0.29) is 22.4 Å². The number of primary amides is 1. The van der Waals surface area contributed by atoms with E-state index in [9.17, 15) is 27.5 Å². The maximum atomic E-state index is 14.1. The third kappa shape index (κ3) is 4.91. The molecule has 2 rings (SSSR count). The Kier molecular flexibility index (Phi) is 6.95. The lowest BCUT2D eigenvalue weighted by Gasteiger charge is -2.22. The van der Waals surface area contributed by atoms with Crippen molar-refractivity contribution in [2.45, 2.75) is 6.92 Å². The normalized spacial score (nSPS) is 12.1. The van der Waals surface area contributed by atoms with Crippen LogP contribution >= 0.6 is 0 Å². The van der Waals surface area contributed by atoms with Crippen LogP contribution < -0.4 is 10.6 Å². The molecule has 0 spiro atoms. The summed E-state index contributed by atoms with van der Waals surface area (Å²) in [4.78, 5) is 12.4. The number of nitrogens with zero attached hydrogens (tertiary/aromatic N) is 1. The van der Waals surface area contributed by atoms with Crippen molar-refractivity contribution in [2.24, 2.45) is 5.73 Å². The first-order valence-corrected chi connectivity index (χ1v) is 8.34. The molecule has 2 aromatic rings. The molecule has 0 aliphatic heterocycles. The summed E-state index contributed by atoms with van der Waals surface area (Å²) < 4.78 is 55.2. The van der Waals surface area contributed by atoms with Gasteiger partial charge in [-0.2, -0.15) is 0 Å². The summed E-state index contributed by atoms with van der Waals surface area (Å²) in [6, 6.07) is 4.81. The second kappa shape index (κ2) is 9.20. The molecule has 0 bridgehead atoms. The zero-order chi connectivity index (χ0) is 21.7. The van der Waals surface area contributed by atoms with Crippen molar-refractivity contribution < 1.29 is 27.5 Å². The predicted molar refractivity (Wildman–Crippen MR) is 103 cm³/mol. The van der Waals surface area contributed by atoms with Gasteiger partial charge in [0.1, 0.15) is 29.0 Å². The molecule has 29 heavy (non-hydrogen) atoms.